The van der Waals surface area contributed by atoms with Crippen LogP contribution in [-0.2, 0) is 4.74 Å². The van der Waals surface area contributed by atoms with E-state index >= 15 is 0 Å². The van der Waals surface area contributed by atoms with Gasteiger partial charge in [0.2, 0.25) is 0 Å². The Hall–Kier alpha value is -8.15. The highest BCUT2D eigenvalue weighted by atomic mass is 16.5. The second kappa shape index (κ2) is 15.1. The number of ether oxygens (including phenoxy) is 1. The Morgan fingerprint density at radius 1 is 0.403 bits per heavy atom. The molecule has 0 atom stereocenters. The van der Waals surface area contributed by atoms with Crippen molar-refractivity contribution < 1.29 is 9.53 Å². The lowest BCUT2D eigenvalue weighted by atomic mass is 10.00. The molecule has 0 spiro atoms. The third-order valence-corrected chi connectivity index (χ3v) is 12.1. The van der Waals surface area contributed by atoms with Crippen molar-refractivity contribution in [3.05, 3.63) is 223 Å². The zero-order chi connectivity index (χ0) is 41.7. The molecule has 11 aromatic rings. The van der Waals surface area contributed by atoms with Crippen LogP contribution in [0.1, 0.15) is 15.9 Å². The number of carbonyl (C=O) groups is 1. The Labute approximate surface area is 359 Å². The minimum atomic E-state index is -0.351. The number of benzene rings is 9. The van der Waals surface area contributed by atoms with Gasteiger partial charge >= 0.3 is 5.97 Å². The normalized spacial score (nSPS) is 11.5. The molecule has 5 nitrogen and oxygen atoms in total. The van der Waals surface area contributed by atoms with Gasteiger partial charge < -0.3 is 18.8 Å². The summed E-state index contributed by atoms with van der Waals surface area (Å²) >= 11 is 0. The van der Waals surface area contributed by atoms with E-state index < -0.39 is 0 Å². The van der Waals surface area contributed by atoms with E-state index in [9.17, 15) is 4.79 Å². The van der Waals surface area contributed by atoms with Crippen molar-refractivity contribution in [1.29, 1.82) is 0 Å². The first-order valence-electron chi connectivity index (χ1n) is 20.9. The second-order valence-electron chi connectivity index (χ2n) is 15.8. The van der Waals surface area contributed by atoms with Gasteiger partial charge in [-0.15, -0.1) is 0 Å². The highest BCUT2D eigenvalue weighted by molar-refractivity contribution is 6.12. The Morgan fingerprint density at radius 2 is 0.806 bits per heavy atom. The van der Waals surface area contributed by atoms with Crippen LogP contribution in [0.15, 0.2) is 212 Å². The molecule has 62 heavy (non-hydrogen) atoms. The van der Waals surface area contributed by atoms with Gasteiger partial charge in [0, 0.05) is 50.0 Å². The van der Waals surface area contributed by atoms with Crippen molar-refractivity contribution in [1.82, 2.24) is 9.13 Å². The van der Waals surface area contributed by atoms with Crippen LogP contribution >= 0.6 is 0 Å². The van der Waals surface area contributed by atoms with Gasteiger partial charge in [0.05, 0.1) is 34.7 Å². The molecule has 0 saturated carbocycles. The van der Waals surface area contributed by atoms with Crippen LogP contribution in [-0.4, -0.2) is 22.2 Å². The van der Waals surface area contributed by atoms with Crippen LogP contribution in [0.4, 0.5) is 17.1 Å². The first-order chi connectivity index (χ1) is 30.5. The zero-order valence-corrected chi connectivity index (χ0v) is 34.4. The standard InChI is InChI=1S/C57H41N3O2/c1-38-16-26-45(27-17-38)59-53-14-8-6-12-49(53)51-36-47(32-34-55(51)59)58(44-28-22-42(23-29-44)41-20-18-40(19-21-41)39-10-4-3-5-11-39)48-33-35-56-52(37-48)50-13-7-9-15-54(50)60(56)46-30-24-43(25-31-46)57(61)62-2/h3-37H,1-2H3. The average Bonchev–Trinajstić information content (AvgIpc) is 3.84. The van der Waals surface area contributed by atoms with E-state index in [2.05, 4.69) is 209 Å². The second-order valence-corrected chi connectivity index (χ2v) is 15.8. The third-order valence-electron chi connectivity index (χ3n) is 12.1. The molecule has 0 fully saturated rings. The van der Waals surface area contributed by atoms with Gasteiger partial charge in [0.1, 0.15) is 0 Å². The summed E-state index contributed by atoms with van der Waals surface area (Å²) in [5.41, 5.74) is 16.2. The Kier molecular flexibility index (Phi) is 9.01. The molecule has 0 unspecified atom stereocenters. The highest BCUT2D eigenvalue weighted by Crippen LogP contribution is 2.43. The zero-order valence-electron chi connectivity index (χ0n) is 34.4. The fourth-order valence-corrected chi connectivity index (χ4v) is 9.05. The number of fused-ring (bicyclic) bond motifs is 6. The SMILES string of the molecule is COC(=O)c1ccc(-n2c3ccccc3c3cc(N(c4ccc(-c5ccc(-c6ccccc6)cc5)cc4)c4ccc5c(c4)c4ccccc4n5-c4ccc(C)cc4)ccc32)cc1. The van der Waals surface area contributed by atoms with Crippen LogP contribution in [0.25, 0.3) is 77.2 Å². The average molecular weight is 800 g/mol. The summed E-state index contributed by atoms with van der Waals surface area (Å²) in [4.78, 5) is 14.7. The van der Waals surface area contributed by atoms with Crippen molar-refractivity contribution in [2.24, 2.45) is 0 Å². The largest absolute Gasteiger partial charge is 0.465 e. The van der Waals surface area contributed by atoms with Crippen LogP contribution in [0.5, 0.6) is 0 Å². The first-order valence-corrected chi connectivity index (χ1v) is 20.9. The number of methoxy groups -OCH3 is 1. The van der Waals surface area contributed by atoms with E-state index in [0.29, 0.717) is 5.56 Å². The molecule has 0 saturated heterocycles. The number of hydrogen-bond donors (Lipinski definition) is 0. The van der Waals surface area contributed by atoms with Crippen LogP contribution in [0, 0.1) is 6.92 Å². The minimum Gasteiger partial charge on any atom is -0.465 e. The van der Waals surface area contributed by atoms with Crippen molar-refractivity contribution in [2.75, 3.05) is 12.0 Å². The Bertz CT molecular complexity index is 3440. The highest BCUT2D eigenvalue weighted by Gasteiger charge is 2.20. The van der Waals surface area contributed by atoms with Gasteiger partial charge in [-0.2, -0.15) is 0 Å². The van der Waals surface area contributed by atoms with Gasteiger partial charge in [0.15, 0.2) is 0 Å². The molecule has 0 bridgehead atoms. The number of para-hydroxylation sites is 2. The van der Waals surface area contributed by atoms with Crippen molar-refractivity contribution in [3.63, 3.8) is 0 Å². The smallest absolute Gasteiger partial charge is 0.337 e. The monoisotopic (exact) mass is 799 g/mol. The number of anilines is 3. The lowest BCUT2D eigenvalue weighted by molar-refractivity contribution is 0.0600. The lowest BCUT2D eigenvalue weighted by Crippen LogP contribution is -2.10. The summed E-state index contributed by atoms with van der Waals surface area (Å²) in [7, 11) is 1.41. The lowest BCUT2D eigenvalue weighted by Gasteiger charge is -2.26. The fourth-order valence-electron chi connectivity index (χ4n) is 9.05. The summed E-state index contributed by atoms with van der Waals surface area (Å²) in [6.07, 6.45) is 0. The topological polar surface area (TPSA) is 39.4 Å². The third kappa shape index (κ3) is 6.30. The molecule has 9 aromatic carbocycles. The molecule has 2 aromatic heterocycles. The van der Waals surface area contributed by atoms with Crippen LogP contribution in [0.3, 0.4) is 0 Å². The molecule has 296 valence electrons. The summed E-state index contributed by atoms with van der Waals surface area (Å²) in [5.74, 6) is -0.351. The Morgan fingerprint density at radius 3 is 1.31 bits per heavy atom. The van der Waals surface area contributed by atoms with Crippen LogP contribution in [0.2, 0.25) is 0 Å². The maximum Gasteiger partial charge on any atom is 0.337 e. The predicted molar refractivity (Wildman–Crippen MR) is 257 cm³/mol. The number of aromatic nitrogens is 2. The summed E-state index contributed by atoms with van der Waals surface area (Å²) < 4.78 is 9.62. The maximum absolute atomic E-state index is 12.3. The number of aryl methyl sites for hydroxylation is 1. The van der Waals surface area contributed by atoms with Gasteiger partial charge in [-0.1, -0.05) is 121 Å². The van der Waals surface area contributed by atoms with E-state index in [0.717, 1.165) is 61.3 Å². The predicted octanol–water partition coefficient (Wildman–Crippen LogP) is 14.8. The van der Waals surface area contributed by atoms with Crippen molar-refractivity contribution in [3.8, 4) is 33.6 Å². The molecule has 0 radical (unpaired) electrons. The van der Waals surface area contributed by atoms with E-state index in [-0.39, 0.29) is 5.97 Å². The van der Waals surface area contributed by atoms with E-state index in [1.165, 1.54) is 45.7 Å². The number of rotatable bonds is 8. The minimum absolute atomic E-state index is 0.351. The van der Waals surface area contributed by atoms with E-state index in [1.54, 1.807) is 0 Å². The molecule has 0 aliphatic carbocycles. The molecule has 0 amide bonds. The van der Waals surface area contributed by atoms with Crippen LogP contribution < -0.4 is 4.90 Å². The molecular weight excluding hydrogens is 759 g/mol. The number of hydrogen-bond acceptors (Lipinski definition) is 3. The molecule has 5 heteroatoms. The first kappa shape index (κ1) is 36.9. The summed E-state index contributed by atoms with van der Waals surface area (Å²) in [6.45, 7) is 2.13. The van der Waals surface area contributed by atoms with Gasteiger partial charge in [-0.3, -0.25) is 0 Å². The van der Waals surface area contributed by atoms with Crippen molar-refractivity contribution >= 4 is 66.6 Å². The Balaban J connectivity index is 1.07. The number of nitrogens with zero attached hydrogens (tertiary/aromatic N) is 3. The quantitative estimate of drug-likeness (QED) is 0.144. The molecule has 0 aliphatic heterocycles. The number of carbonyl (C=O) groups excluding carboxylic acids is 1. The summed E-state index contributed by atoms with van der Waals surface area (Å²) in [5, 5.41) is 4.67. The fraction of sp³-hybridized carbons (Fsp3) is 0.0351. The van der Waals surface area contributed by atoms with Gasteiger partial charge in [-0.05, 0) is 126 Å². The van der Waals surface area contributed by atoms with Crippen molar-refractivity contribution in [2.45, 2.75) is 6.92 Å². The van der Waals surface area contributed by atoms with Gasteiger partial charge in [-0.25, -0.2) is 4.79 Å². The number of esters is 1. The molecule has 0 aliphatic rings. The molecular formula is C57H41N3O2. The van der Waals surface area contributed by atoms with Gasteiger partial charge in [0.25, 0.3) is 0 Å². The van der Waals surface area contributed by atoms with E-state index in [4.69, 9.17) is 4.74 Å². The molecule has 2 heterocycles. The maximum atomic E-state index is 12.3. The van der Waals surface area contributed by atoms with E-state index in [1.807, 2.05) is 24.3 Å². The molecule has 0 N–H and O–H groups in total. The summed E-state index contributed by atoms with van der Waals surface area (Å²) in [6, 6.07) is 75.4. The molecule has 11 rings (SSSR count).